The standard InChI is InChI=1S/C8H8N2O2/c1-4-9-5-2-7(1)12-8-3-6-11-10-8/h1-2,4-5H,3,6H2. The lowest BCUT2D eigenvalue weighted by Crippen LogP contribution is -2.04. The molecule has 0 atom stereocenters. The second-order valence-electron chi connectivity index (χ2n) is 2.35. The third-order valence-electron chi connectivity index (χ3n) is 1.46. The van der Waals surface area contributed by atoms with Gasteiger partial charge >= 0.3 is 0 Å². The molecule has 0 N–H and O–H groups in total. The smallest absolute Gasteiger partial charge is 0.234 e. The van der Waals surface area contributed by atoms with Gasteiger partial charge in [0.05, 0.1) is 6.42 Å². The topological polar surface area (TPSA) is 43.7 Å². The van der Waals surface area contributed by atoms with Gasteiger partial charge < -0.3 is 9.57 Å². The summed E-state index contributed by atoms with van der Waals surface area (Å²) >= 11 is 0. The maximum absolute atomic E-state index is 5.36. The predicted molar refractivity (Wildman–Crippen MR) is 42.9 cm³/mol. The lowest BCUT2D eigenvalue weighted by molar-refractivity contribution is 0.173. The molecule has 0 saturated carbocycles. The van der Waals surface area contributed by atoms with Gasteiger partial charge in [0.25, 0.3) is 0 Å². The summed E-state index contributed by atoms with van der Waals surface area (Å²) in [7, 11) is 0. The van der Waals surface area contributed by atoms with Crippen LogP contribution in [0.4, 0.5) is 0 Å². The first-order chi connectivity index (χ1) is 5.95. The van der Waals surface area contributed by atoms with Crippen molar-refractivity contribution in [1.82, 2.24) is 4.98 Å². The van der Waals surface area contributed by atoms with Crippen LogP contribution in [0.3, 0.4) is 0 Å². The van der Waals surface area contributed by atoms with Gasteiger partial charge in [0.1, 0.15) is 12.4 Å². The zero-order chi connectivity index (χ0) is 8.23. The van der Waals surface area contributed by atoms with Gasteiger partial charge in [0, 0.05) is 12.4 Å². The molecule has 1 aromatic heterocycles. The largest absolute Gasteiger partial charge is 0.440 e. The summed E-state index contributed by atoms with van der Waals surface area (Å²) in [6.45, 7) is 0.612. The van der Waals surface area contributed by atoms with Crippen molar-refractivity contribution in [2.24, 2.45) is 5.16 Å². The number of hydrogen-bond donors (Lipinski definition) is 0. The number of hydrogen-bond acceptors (Lipinski definition) is 4. The fourth-order valence-electron chi connectivity index (χ4n) is 0.908. The van der Waals surface area contributed by atoms with Crippen molar-refractivity contribution in [3.8, 4) is 5.75 Å². The summed E-state index contributed by atoms with van der Waals surface area (Å²) in [6, 6.07) is 3.56. The van der Waals surface area contributed by atoms with Crippen molar-refractivity contribution < 1.29 is 9.57 Å². The molecule has 0 aromatic carbocycles. The molecule has 0 bridgehead atoms. The molecule has 2 rings (SSSR count). The Morgan fingerprint density at radius 1 is 1.33 bits per heavy atom. The number of pyridine rings is 1. The fraction of sp³-hybridized carbons (Fsp3) is 0.250. The van der Waals surface area contributed by atoms with Gasteiger partial charge in [0.15, 0.2) is 0 Å². The van der Waals surface area contributed by atoms with E-state index in [4.69, 9.17) is 9.57 Å². The van der Waals surface area contributed by atoms with Crippen LogP contribution in [0.25, 0.3) is 0 Å². The van der Waals surface area contributed by atoms with Crippen molar-refractivity contribution in [1.29, 1.82) is 0 Å². The molecule has 0 unspecified atom stereocenters. The van der Waals surface area contributed by atoms with Crippen LogP contribution in [0, 0.1) is 0 Å². The first-order valence-corrected chi connectivity index (χ1v) is 3.72. The molecular weight excluding hydrogens is 156 g/mol. The second-order valence-corrected chi connectivity index (χ2v) is 2.35. The van der Waals surface area contributed by atoms with Crippen molar-refractivity contribution in [2.75, 3.05) is 6.61 Å². The summed E-state index contributed by atoms with van der Waals surface area (Å²) < 4.78 is 5.36. The highest BCUT2D eigenvalue weighted by Crippen LogP contribution is 2.10. The maximum atomic E-state index is 5.36. The molecule has 1 aromatic rings. The van der Waals surface area contributed by atoms with Gasteiger partial charge in [0.2, 0.25) is 5.90 Å². The Morgan fingerprint density at radius 3 is 2.83 bits per heavy atom. The summed E-state index contributed by atoms with van der Waals surface area (Å²) in [5.41, 5.74) is 0. The van der Waals surface area contributed by atoms with Crippen LogP contribution in [0.5, 0.6) is 5.75 Å². The van der Waals surface area contributed by atoms with Crippen LogP contribution in [-0.4, -0.2) is 17.5 Å². The molecule has 4 nitrogen and oxygen atoms in total. The first-order valence-electron chi connectivity index (χ1n) is 3.72. The monoisotopic (exact) mass is 164 g/mol. The van der Waals surface area contributed by atoms with E-state index in [0.717, 1.165) is 12.2 Å². The highest BCUT2D eigenvalue weighted by Gasteiger charge is 2.09. The highest BCUT2D eigenvalue weighted by atomic mass is 16.7. The molecule has 0 aliphatic carbocycles. The molecule has 1 aliphatic rings. The highest BCUT2D eigenvalue weighted by molar-refractivity contribution is 5.78. The van der Waals surface area contributed by atoms with E-state index in [2.05, 4.69) is 10.1 Å². The molecule has 0 fully saturated rings. The Hall–Kier alpha value is -1.58. The van der Waals surface area contributed by atoms with Gasteiger partial charge in [-0.05, 0) is 12.1 Å². The number of nitrogens with zero attached hydrogens (tertiary/aromatic N) is 2. The van der Waals surface area contributed by atoms with Crippen LogP contribution in [-0.2, 0) is 4.84 Å². The summed E-state index contributed by atoms with van der Waals surface area (Å²) in [6.07, 6.45) is 4.08. The minimum Gasteiger partial charge on any atom is -0.440 e. The molecule has 0 amide bonds. The first kappa shape index (κ1) is 7.09. The van der Waals surface area contributed by atoms with E-state index in [9.17, 15) is 0 Å². The third kappa shape index (κ3) is 1.53. The molecule has 0 radical (unpaired) electrons. The molecule has 2 heterocycles. The van der Waals surface area contributed by atoms with Crippen LogP contribution in [0.15, 0.2) is 29.7 Å². The zero-order valence-electron chi connectivity index (χ0n) is 6.43. The Morgan fingerprint density at radius 2 is 2.17 bits per heavy atom. The number of ether oxygens (including phenoxy) is 1. The molecule has 0 saturated heterocycles. The van der Waals surface area contributed by atoms with Gasteiger partial charge in [-0.2, -0.15) is 0 Å². The third-order valence-corrected chi connectivity index (χ3v) is 1.46. The molecule has 0 spiro atoms. The van der Waals surface area contributed by atoms with E-state index < -0.39 is 0 Å². The van der Waals surface area contributed by atoms with Gasteiger partial charge in [-0.15, -0.1) is 0 Å². The van der Waals surface area contributed by atoms with E-state index in [1.54, 1.807) is 24.5 Å². The molecule has 12 heavy (non-hydrogen) atoms. The van der Waals surface area contributed by atoms with Crippen molar-refractivity contribution in [3.63, 3.8) is 0 Å². The number of oxime groups is 1. The zero-order valence-corrected chi connectivity index (χ0v) is 6.43. The molecular formula is C8H8N2O2. The van der Waals surface area contributed by atoms with Gasteiger partial charge in [-0.1, -0.05) is 5.16 Å². The van der Waals surface area contributed by atoms with Crippen LogP contribution < -0.4 is 4.74 Å². The second kappa shape index (κ2) is 3.21. The minimum atomic E-state index is 0.612. The van der Waals surface area contributed by atoms with Crippen molar-refractivity contribution >= 4 is 5.90 Å². The lowest BCUT2D eigenvalue weighted by atomic mass is 10.4. The lowest BCUT2D eigenvalue weighted by Gasteiger charge is -2.00. The van der Waals surface area contributed by atoms with Crippen LogP contribution in [0.1, 0.15) is 6.42 Å². The average Bonchev–Trinajstić information content (AvgIpc) is 2.59. The fourth-order valence-corrected chi connectivity index (χ4v) is 0.908. The van der Waals surface area contributed by atoms with E-state index in [1.165, 1.54) is 0 Å². The van der Waals surface area contributed by atoms with E-state index in [0.29, 0.717) is 12.5 Å². The van der Waals surface area contributed by atoms with Gasteiger partial charge in [-0.3, -0.25) is 4.98 Å². The average molecular weight is 164 g/mol. The summed E-state index contributed by atoms with van der Waals surface area (Å²) in [4.78, 5) is 8.65. The normalized spacial score (nSPS) is 15.2. The van der Waals surface area contributed by atoms with E-state index in [-0.39, 0.29) is 0 Å². The SMILES string of the molecule is c1cc(OC2=NOCC2)ccn1. The van der Waals surface area contributed by atoms with E-state index >= 15 is 0 Å². The molecule has 1 aliphatic heterocycles. The Balaban J connectivity index is 2.04. The number of aromatic nitrogens is 1. The summed E-state index contributed by atoms with van der Waals surface area (Å²) in [5, 5.41) is 3.70. The maximum Gasteiger partial charge on any atom is 0.234 e. The van der Waals surface area contributed by atoms with Gasteiger partial charge in [-0.25, -0.2) is 0 Å². The molecule has 4 heteroatoms. The Kier molecular flexibility index (Phi) is 1.90. The Labute approximate surface area is 69.8 Å². The van der Waals surface area contributed by atoms with E-state index in [1.807, 2.05) is 0 Å². The van der Waals surface area contributed by atoms with Crippen LogP contribution in [0.2, 0.25) is 0 Å². The van der Waals surface area contributed by atoms with Crippen molar-refractivity contribution in [3.05, 3.63) is 24.5 Å². The Bertz CT molecular complexity index is 284. The quantitative estimate of drug-likeness (QED) is 0.626. The van der Waals surface area contributed by atoms with Crippen LogP contribution >= 0.6 is 0 Å². The predicted octanol–water partition coefficient (Wildman–Crippen LogP) is 1.19. The summed E-state index contributed by atoms with van der Waals surface area (Å²) in [5.74, 6) is 1.37. The molecule has 62 valence electrons. The number of rotatable bonds is 1. The van der Waals surface area contributed by atoms with Crippen molar-refractivity contribution in [2.45, 2.75) is 6.42 Å². The minimum absolute atomic E-state index is 0.612.